The van der Waals surface area contributed by atoms with Gasteiger partial charge in [-0.05, 0) is 31.0 Å². The molecule has 7 nitrogen and oxygen atoms in total. The Morgan fingerprint density at radius 1 is 1.07 bits per heavy atom. The monoisotopic (exact) mass is 382 g/mol. The summed E-state index contributed by atoms with van der Waals surface area (Å²) in [5.74, 6) is -1.64. The van der Waals surface area contributed by atoms with Crippen molar-refractivity contribution in [3.05, 3.63) is 60.2 Å². The molecule has 2 atom stereocenters. The van der Waals surface area contributed by atoms with Gasteiger partial charge in [-0.25, -0.2) is 4.79 Å². The quantitative estimate of drug-likeness (QED) is 0.482. The number of para-hydroxylation sites is 1. The molecule has 146 valence electrons. The van der Waals surface area contributed by atoms with Crippen LogP contribution in [0.1, 0.15) is 41.7 Å². The number of nitrogens with one attached hydrogen (secondary N) is 2. The molecule has 2 heterocycles. The number of rotatable bonds is 7. The van der Waals surface area contributed by atoms with Gasteiger partial charge in [-0.15, -0.1) is 0 Å². The van der Waals surface area contributed by atoms with Crippen molar-refractivity contribution in [2.75, 3.05) is 0 Å². The molecule has 2 aromatic heterocycles. The second-order valence-electron chi connectivity index (χ2n) is 6.86. The van der Waals surface area contributed by atoms with Crippen molar-refractivity contribution in [3.63, 3.8) is 0 Å². The number of esters is 1. The number of benzene rings is 1. The van der Waals surface area contributed by atoms with Gasteiger partial charge in [0.15, 0.2) is 11.9 Å². The molecule has 0 fully saturated rings. The molecule has 2 N–H and O–H groups in total. The van der Waals surface area contributed by atoms with Crippen molar-refractivity contribution in [1.82, 2.24) is 10.3 Å². The number of carbonyl (C=O) groups excluding carboxylic acids is 3. The van der Waals surface area contributed by atoms with Gasteiger partial charge < -0.3 is 19.5 Å². The fourth-order valence-corrected chi connectivity index (χ4v) is 2.91. The first-order valence-corrected chi connectivity index (χ1v) is 9.03. The third-order valence-corrected chi connectivity index (χ3v) is 4.47. The molecule has 0 unspecified atom stereocenters. The number of carbonyl (C=O) groups is 3. The number of H-pyrrole nitrogens is 1. The third kappa shape index (κ3) is 3.98. The summed E-state index contributed by atoms with van der Waals surface area (Å²) in [6, 6.07) is 9.57. The minimum atomic E-state index is -0.992. The molecule has 3 rings (SSSR count). The van der Waals surface area contributed by atoms with Crippen LogP contribution in [0.2, 0.25) is 0 Å². The highest BCUT2D eigenvalue weighted by Gasteiger charge is 2.30. The van der Waals surface area contributed by atoms with Crippen LogP contribution in [0.25, 0.3) is 10.9 Å². The first-order chi connectivity index (χ1) is 13.4. The van der Waals surface area contributed by atoms with Gasteiger partial charge in [-0.3, -0.25) is 9.59 Å². The summed E-state index contributed by atoms with van der Waals surface area (Å²) in [6.45, 7) is 5.08. The van der Waals surface area contributed by atoms with Crippen LogP contribution >= 0.6 is 0 Å². The maximum absolute atomic E-state index is 12.8. The van der Waals surface area contributed by atoms with Gasteiger partial charge in [-0.1, -0.05) is 32.0 Å². The Hall–Kier alpha value is -3.35. The van der Waals surface area contributed by atoms with E-state index in [-0.39, 0.29) is 17.5 Å². The van der Waals surface area contributed by atoms with Crippen molar-refractivity contribution < 1.29 is 23.5 Å². The van der Waals surface area contributed by atoms with E-state index in [0.29, 0.717) is 5.56 Å². The molecule has 0 aliphatic heterocycles. The lowest BCUT2D eigenvalue weighted by Crippen LogP contribution is -2.46. The molecule has 0 saturated heterocycles. The van der Waals surface area contributed by atoms with Crippen LogP contribution in [-0.2, 0) is 9.53 Å². The Kier molecular flexibility index (Phi) is 5.63. The maximum atomic E-state index is 12.8. The van der Waals surface area contributed by atoms with E-state index in [9.17, 15) is 14.4 Å². The molecular weight excluding hydrogens is 360 g/mol. The topological polar surface area (TPSA) is 101 Å². The van der Waals surface area contributed by atoms with E-state index >= 15 is 0 Å². The van der Waals surface area contributed by atoms with E-state index in [1.54, 1.807) is 26.1 Å². The number of amides is 1. The van der Waals surface area contributed by atoms with E-state index in [0.717, 1.165) is 10.9 Å². The number of ketones is 1. The highest BCUT2D eigenvalue weighted by molar-refractivity contribution is 6.10. The zero-order chi connectivity index (χ0) is 20.3. The Morgan fingerprint density at radius 3 is 2.50 bits per heavy atom. The Balaban J connectivity index is 1.70. The lowest BCUT2D eigenvalue weighted by molar-refractivity contribution is -0.149. The van der Waals surface area contributed by atoms with Crippen molar-refractivity contribution in [2.45, 2.75) is 32.9 Å². The normalized spacial score (nSPS) is 13.3. The average Bonchev–Trinajstić information content (AvgIpc) is 3.34. The Morgan fingerprint density at radius 2 is 1.82 bits per heavy atom. The number of hydrogen-bond donors (Lipinski definition) is 2. The van der Waals surface area contributed by atoms with Crippen LogP contribution in [-0.4, -0.2) is 34.8 Å². The summed E-state index contributed by atoms with van der Waals surface area (Å²) in [5.41, 5.74) is 1.28. The highest BCUT2D eigenvalue weighted by Crippen LogP contribution is 2.20. The zero-order valence-corrected chi connectivity index (χ0v) is 15.9. The SMILES string of the molecule is CC(C)[C@@H](NC(=O)c1ccco1)C(=O)O[C@@H](C)C(=O)c1c[nH]c2ccccc12. The molecule has 0 saturated carbocycles. The summed E-state index contributed by atoms with van der Waals surface area (Å²) < 4.78 is 10.4. The molecule has 0 spiro atoms. The minimum Gasteiger partial charge on any atom is -0.459 e. The second-order valence-corrected chi connectivity index (χ2v) is 6.86. The number of aromatic amines is 1. The largest absolute Gasteiger partial charge is 0.459 e. The number of fused-ring (bicyclic) bond motifs is 1. The lowest BCUT2D eigenvalue weighted by Gasteiger charge is -2.22. The van der Waals surface area contributed by atoms with Gasteiger partial charge in [0, 0.05) is 22.7 Å². The number of ether oxygens (including phenoxy) is 1. The van der Waals surface area contributed by atoms with Crippen molar-refractivity contribution in [2.24, 2.45) is 5.92 Å². The van der Waals surface area contributed by atoms with Crippen LogP contribution in [0.3, 0.4) is 0 Å². The zero-order valence-electron chi connectivity index (χ0n) is 15.9. The molecule has 28 heavy (non-hydrogen) atoms. The number of hydrogen-bond acceptors (Lipinski definition) is 5. The van der Waals surface area contributed by atoms with E-state index in [1.165, 1.54) is 19.3 Å². The van der Waals surface area contributed by atoms with Crippen LogP contribution < -0.4 is 5.32 Å². The summed E-state index contributed by atoms with van der Waals surface area (Å²) in [7, 11) is 0. The van der Waals surface area contributed by atoms with E-state index in [1.807, 2.05) is 24.3 Å². The van der Waals surface area contributed by atoms with Gasteiger partial charge in [0.05, 0.1) is 6.26 Å². The fourth-order valence-electron chi connectivity index (χ4n) is 2.91. The highest BCUT2D eigenvalue weighted by atomic mass is 16.5. The van der Waals surface area contributed by atoms with Crippen LogP contribution in [0.15, 0.2) is 53.3 Å². The van der Waals surface area contributed by atoms with Gasteiger partial charge in [0.25, 0.3) is 5.91 Å². The van der Waals surface area contributed by atoms with Crippen molar-refractivity contribution in [1.29, 1.82) is 0 Å². The molecule has 7 heteroatoms. The molecular formula is C21H22N2O5. The molecule has 0 aliphatic rings. The average molecular weight is 382 g/mol. The fraction of sp³-hybridized carbons (Fsp3) is 0.286. The van der Waals surface area contributed by atoms with Gasteiger partial charge in [0.1, 0.15) is 6.04 Å². The molecule has 1 aromatic carbocycles. The van der Waals surface area contributed by atoms with Crippen LogP contribution in [0.4, 0.5) is 0 Å². The van der Waals surface area contributed by atoms with Crippen LogP contribution in [0.5, 0.6) is 0 Å². The Labute approximate surface area is 162 Å². The van der Waals surface area contributed by atoms with Crippen molar-refractivity contribution >= 4 is 28.6 Å². The summed E-state index contributed by atoms with van der Waals surface area (Å²) in [5, 5.41) is 3.37. The third-order valence-electron chi connectivity index (χ3n) is 4.47. The smallest absolute Gasteiger partial charge is 0.329 e. The minimum absolute atomic E-state index is 0.0985. The molecule has 1 amide bonds. The first-order valence-electron chi connectivity index (χ1n) is 9.03. The predicted octanol–water partition coefficient (Wildman–Crippen LogP) is 3.33. The van der Waals surface area contributed by atoms with Gasteiger partial charge >= 0.3 is 5.97 Å². The van der Waals surface area contributed by atoms with Gasteiger partial charge in [0.2, 0.25) is 5.78 Å². The van der Waals surface area contributed by atoms with E-state index < -0.39 is 24.0 Å². The van der Waals surface area contributed by atoms with E-state index in [2.05, 4.69) is 10.3 Å². The number of furan rings is 1. The van der Waals surface area contributed by atoms with Crippen LogP contribution in [0, 0.1) is 5.92 Å². The van der Waals surface area contributed by atoms with Gasteiger partial charge in [-0.2, -0.15) is 0 Å². The molecule has 0 radical (unpaired) electrons. The number of aromatic nitrogens is 1. The summed E-state index contributed by atoms with van der Waals surface area (Å²) >= 11 is 0. The maximum Gasteiger partial charge on any atom is 0.329 e. The lowest BCUT2D eigenvalue weighted by atomic mass is 10.0. The van der Waals surface area contributed by atoms with E-state index in [4.69, 9.17) is 9.15 Å². The molecule has 0 bridgehead atoms. The summed E-state index contributed by atoms with van der Waals surface area (Å²) in [4.78, 5) is 40.6. The molecule has 0 aliphatic carbocycles. The van der Waals surface area contributed by atoms with Crippen molar-refractivity contribution in [3.8, 4) is 0 Å². The standard InChI is InChI=1S/C21H22N2O5/c1-12(2)18(23-20(25)17-9-6-10-27-17)21(26)28-13(3)19(24)15-11-22-16-8-5-4-7-14(15)16/h4-13,18,22H,1-3H3,(H,23,25)/t13-,18+/m0/s1. The summed E-state index contributed by atoms with van der Waals surface area (Å²) in [6.07, 6.45) is 1.99. The molecule has 3 aromatic rings. The Bertz CT molecular complexity index is 987. The predicted molar refractivity (Wildman–Crippen MR) is 103 cm³/mol. The number of Topliss-reactive ketones (excluding diaryl/α,β-unsaturated/α-hetero) is 1. The second kappa shape index (κ2) is 8.12. The first kappa shape index (κ1) is 19.4.